The Kier molecular flexibility index (Phi) is 4.14. The molecule has 2 amide bonds. The van der Waals surface area contributed by atoms with Crippen molar-refractivity contribution in [1.82, 2.24) is 4.90 Å². The fourth-order valence-electron chi connectivity index (χ4n) is 3.45. The van der Waals surface area contributed by atoms with Crippen LogP contribution in [0.2, 0.25) is 0 Å². The maximum atomic E-state index is 12.4. The Balaban J connectivity index is 1.43. The van der Waals surface area contributed by atoms with E-state index in [0.717, 1.165) is 43.6 Å². The maximum absolute atomic E-state index is 12.4. The zero-order valence-corrected chi connectivity index (χ0v) is 14.0. The summed E-state index contributed by atoms with van der Waals surface area (Å²) in [5.41, 5.74) is 2.70. The number of anilines is 1. The van der Waals surface area contributed by atoms with Crippen LogP contribution in [-0.2, 0) is 6.42 Å². The molecule has 0 saturated carbocycles. The number of para-hydroxylation sites is 1. The van der Waals surface area contributed by atoms with Gasteiger partial charge in [0.05, 0.1) is 5.69 Å². The zero-order valence-electron chi connectivity index (χ0n) is 14.0. The van der Waals surface area contributed by atoms with E-state index in [1.165, 1.54) is 0 Å². The summed E-state index contributed by atoms with van der Waals surface area (Å²) >= 11 is 0. The van der Waals surface area contributed by atoms with Crippen molar-refractivity contribution in [1.29, 1.82) is 0 Å². The Morgan fingerprint density at radius 2 is 1.60 bits per heavy atom. The van der Waals surface area contributed by atoms with Crippen LogP contribution in [0.5, 0.6) is 5.75 Å². The van der Waals surface area contributed by atoms with Crippen LogP contribution in [0.1, 0.15) is 28.8 Å². The zero-order chi connectivity index (χ0) is 17.2. The first-order chi connectivity index (χ1) is 12.2. The smallest absolute Gasteiger partial charge is 0.410 e. The number of nitrogens with zero attached hydrogens (tertiary/aromatic N) is 2. The first kappa shape index (κ1) is 15.7. The van der Waals surface area contributed by atoms with E-state index in [-0.39, 0.29) is 12.0 Å². The Bertz CT molecular complexity index is 795. The highest BCUT2D eigenvalue weighted by Gasteiger charge is 2.26. The molecule has 0 atom stereocenters. The molecule has 2 aromatic rings. The van der Waals surface area contributed by atoms with E-state index in [0.29, 0.717) is 17.9 Å². The van der Waals surface area contributed by atoms with Gasteiger partial charge < -0.3 is 9.64 Å². The van der Waals surface area contributed by atoms with Crippen LogP contribution in [-0.4, -0.2) is 36.5 Å². The van der Waals surface area contributed by atoms with E-state index in [1.807, 2.05) is 29.2 Å². The topological polar surface area (TPSA) is 49.9 Å². The minimum atomic E-state index is -0.386. The predicted octanol–water partition coefficient (Wildman–Crippen LogP) is 3.48. The van der Waals surface area contributed by atoms with Gasteiger partial charge in [-0.2, -0.15) is 0 Å². The average molecular weight is 336 g/mol. The first-order valence-electron chi connectivity index (χ1n) is 8.69. The van der Waals surface area contributed by atoms with Crippen LogP contribution in [0.4, 0.5) is 10.5 Å². The van der Waals surface area contributed by atoms with Crippen molar-refractivity contribution in [2.24, 2.45) is 0 Å². The summed E-state index contributed by atoms with van der Waals surface area (Å²) in [5, 5.41) is 0. The Hall–Kier alpha value is -2.82. The van der Waals surface area contributed by atoms with Crippen molar-refractivity contribution in [3.05, 3.63) is 59.7 Å². The number of benzene rings is 2. The van der Waals surface area contributed by atoms with Gasteiger partial charge in [-0.25, -0.2) is 4.79 Å². The highest BCUT2D eigenvalue weighted by atomic mass is 16.6. The van der Waals surface area contributed by atoms with Gasteiger partial charge in [-0.15, -0.1) is 0 Å². The van der Waals surface area contributed by atoms with Crippen LogP contribution in [0.15, 0.2) is 48.5 Å². The number of hydrogen-bond donors (Lipinski definition) is 0. The molecule has 0 spiro atoms. The largest absolute Gasteiger partial charge is 0.419 e. The molecule has 5 heteroatoms. The standard InChI is InChI=1S/C20H20N2O3/c23-19(21-12-3-4-13-21)16-7-9-17(10-8-16)25-20(24)22-14-11-15-5-1-2-6-18(15)22/h1-2,5-10H,3-4,11-14H2. The number of ether oxygens (including phenoxy) is 1. The molecular weight excluding hydrogens is 316 g/mol. The summed E-state index contributed by atoms with van der Waals surface area (Å²) in [5.74, 6) is 0.496. The van der Waals surface area contributed by atoms with Crippen LogP contribution in [0.3, 0.4) is 0 Å². The molecule has 0 unspecified atom stereocenters. The van der Waals surface area contributed by atoms with Gasteiger partial charge in [-0.3, -0.25) is 9.69 Å². The van der Waals surface area contributed by atoms with Crippen molar-refractivity contribution in [2.75, 3.05) is 24.5 Å². The molecule has 2 aromatic carbocycles. The molecule has 0 aliphatic carbocycles. The van der Waals surface area contributed by atoms with Crippen molar-refractivity contribution in [3.63, 3.8) is 0 Å². The van der Waals surface area contributed by atoms with E-state index in [1.54, 1.807) is 29.2 Å². The molecule has 2 aliphatic rings. The summed E-state index contributed by atoms with van der Waals surface area (Å²) in [6, 6.07) is 14.7. The van der Waals surface area contributed by atoms with E-state index >= 15 is 0 Å². The van der Waals surface area contributed by atoms with Crippen LogP contribution < -0.4 is 9.64 Å². The number of amides is 2. The van der Waals surface area contributed by atoms with Crippen molar-refractivity contribution in [3.8, 4) is 5.75 Å². The van der Waals surface area contributed by atoms with Gasteiger partial charge in [0.2, 0.25) is 0 Å². The van der Waals surface area contributed by atoms with Crippen molar-refractivity contribution in [2.45, 2.75) is 19.3 Å². The quantitative estimate of drug-likeness (QED) is 0.843. The minimum absolute atomic E-state index is 0.0452. The van der Waals surface area contributed by atoms with Gasteiger partial charge in [0.15, 0.2) is 0 Å². The Morgan fingerprint density at radius 1 is 0.880 bits per heavy atom. The molecule has 1 saturated heterocycles. The van der Waals surface area contributed by atoms with E-state index in [4.69, 9.17) is 4.74 Å². The molecule has 0 radical (unpaired) electrons. The summed E-state index contributed by atoms with van der Waals surface area (Å²) < 4.78 is 5.48. The molecule has 5 nitrogen and oxygen atoms in total. The van der Waals surface area contributed by atoms with E-state index in [2.05, 4.69) is 0 Å². The third kappa shape index (κ3) is 3.09. The molecule has 25 heavy (non-hydrogen) atoms. The van der Waals surface area contributed by atoms with Crippen LogP contribution in [0, 0.1) is 0 Å². The third-order valence-electron chi connectivity index (χ3n) is 4.81. The monoisotopic (exact) mass is 336 g/mol. The Morgan fingerprint density at radius 3 is 2.36 bits per heavy atom. The number of rotatable bonds is 2. The molecule has 2 aliphatic heterocycles. The molecule has 4 rings (SSSR count). The fraction of sp³-hybridized carbons (Fsp3) is 0.300. The first-order valence-corrected chi connectivity index (χ1v) is 8.69. The molecule has 0 N–H and O–H groups in total. The molecular formula is C20H20N2O3. The number of fused-ring (bicyclic) bond motifs is 1. The summed E-state index contributed by atoms with van der Waals surface area (Å²) in [6.45, 7) is 2.28. The second-order valence-corrected chi connectivity index (χ2v) is 6.42. The third-order valence-corrected chi connectivity index (χ3v) is 4.81. The Labute approximate surface area is 146 Å². The van der Waals surface area contributed by atoms with Crippen molar-refractivity contribution < 1.29 is 14.3 Å². The highest BCUT2D eigenvalue weighted by molar-refractivity contribution is 5.95. The normalized spacial score (nSPS) is 16.0. The van der Waals surface area contributed by atoms with Gasteiger partial charge >= 0.3 is 6.09 Å². The lowest BCUT2D eigenvalue weighted by molar-refractivity contribution is 0.0793. The number of likely N-dealkylation sites (tertiary alicyclic amines) is 1. The summed E-state index contributed by atoms with van der Waals surface area (Å²) in [4.78, 5) is 28.3. The number of hydrogen-bond acceptors (Lipinski definition) is 3. The summed E-state index contributed by atoms with van der Waals surface area (Å²) in [6.07, 6.45) is 2.59. The van der Waals surface area contributed by atoms with Crippen LogP contribution in [0.25, 0.3) is 0 Å². The SMILES string of the molecule is O=C(c1ccc(OC(=O)N2CCc3ccccc32)cc1)N1CCCC1. The van der Waals surface area contributed by atoms with Crippen LogP contribution >= 0.6 is 0 Å². The van der Waals surface area contributed by atoms with Gasteiger partial charge in [-0.1, -0.05) is 18.2 Å². The van der Waals surface area contributed by atoms with Crippen molar-refractivity contribution >= 4 is 17.7 Å². The minimum Gasteiger partial charge on any atom is -0.410 e. The van der Waals surface area contributed by atoms with Gasteiger partial charge in [-0.05, 0) is 55.2 Å². The predicted molar refractivity (Wildman–Crippen MR) is 95.1 cm³/mol. The second-order valence-electron chi connectivity index (χ2n) is 6.42. The molecule has 0 bridgehead atoms. The fourth-order valence-corrected chi connectivity index (χ4v) is 3.45. The van der Waals surface area contributed by atoms with E-state index < -0.39 is 0 Å². The van der Waals surface area contributed by atoms with Gasteiger partial charge in [0, 0.05) is 25.2 Å². The highest BCUT2D eigenvalue weighted by Crippen LogP contribution is 2.28. The lowest BCUT2D eigenvalue weighted by atomic mass is 10.2. The van der Waals surface area contributed by atoms with Gasteiger partial charge in [0.1, 0.15) is 5.75 Å². The van der Waals surface area contributed by atoms with Gasteiger partial charge in [0.25, 0.3) is 5.91 Å². The average Bonchev–Trinajstić information content (AvgIpc) is 3.31. The number of carbonyl (C=O) groups excluding carboxylic acids is 2. The molecule has 128 valence electrons. The van der Waals surface area contributed by atoms with E-state index in [9.17, 15) is 9.59 Å². The number of carbonyl (C=O) groups is 2. The molecule has 2 heterocycles. The summed E-state index contributed by atoms with van der Waals surface area (Å²) in [7, 11) is 0. The maximum Gasteiger partial charge on any atom is 0.419 e. The molecule has 1 fully saturated rings. The molecule has 0 aromatic heterocycles. The lowest BCUT2D eigenvalue weighted by Gasteiger charge is -2.17. The lowest BCUT2D eigenvalue weighted by Crippen LogP contribution is -2.31. The second kappa shape index (κ2) is 6.59.